The molecule has 2 aliphatic heterocycles. The molecule has 1 spiro atoms. The van der Waals surface area contributed by atoms with Crippen LogP contribution in [0.1, 0.15) is 36.8 Å². The van der Waals surface area contributed by atoms with Gasteiger partial charge in [0.25, 0.3) is 0 Å². The van der Waals surface area contributed by atoms with Crippen molar-refractivity contribution in [1.29, 1.82) is 0 Å². The molecule has 7 heteroatoms. The van der Waals surface area contributed by atoms with Crippen molar-refractivity contribution in [1.82, 2.24) is 0 Å². The van der Waals surface area contributed by atoms with Crippen LogP contribution < -0.4 is 4.74 Å². The van der Waals surface area contributed by atoms with Gasteiger partial charge in [-0.2, -0.15) is 0 Å². The standard InChI is InChI=1S/C21H25NO6/c1-22(19(26)10-2-3-10)7-6-20-15-11-4-5-12(23)17(15)28-18(20)16(25)13(24)9-21(20,27)14(22)8-11/h4-5,10,13-14,18-19,24,26-27H,2-3,6-9H2,1H3/p+1/t13?,14-,18-,19?,20-,21+,22-/m0/s1. The predicted octanol–water partition coefficient (Wildman–Crippen LogP) is -0.0408. The highest BCUT2D eigenvalue weighted by Crippen LogP contribution is 2.66. The van der Waals surface area contributed by atoms with E-state index in [2.05, 4.69) is 0 Å². The molecule has 150 valence electrons. The third kappa shape index (κ3) is 1.66. The molecule has 0 amide bonds. The van der Waals surface area contributed by atoms with Crippen molar-refractivity contribution in [2.75, 3.05) is 13.6 Å². The van der Waals surface area contributed by atoms with E-state index in [1.54, 1.807) is 6.07 Å². The van der Waals surface area contributed by atoms with Gasteiger partial charge < -0.3 is 25.2 Å². The van der Waals surface area contributed by atoms with Gasteiger partial charge in [0.15, 0.2) is 23.8 Å². The van der Waals surface area contributed by atoms with Crippen LogP contribution in [0.3, 0.4) is 0 Å². The summed E-state index contributed by atoms with van der Waals surface area (Å²) in [5, 5.41) is 44.2. The van der Waals surface area contributed by atoms with Crippen molar-refractivity contribution in [3.63, 3.8) is 0 Å². The number of carbonyl (C=O) groups is 1. The number of rotatable bonds is 2. The molecule has 2 bridgehead atoms. The van der Waals surface area contributed by atoms with Gasteiger partial charge in [0, 0.05) is 30.7 Å². The molecular weight excluding hydrogens is 362 g/mol. The minimum Gasteiger partial charge on any atom is -0.504 e. The van der Waals surface area contributed by atoms with E-state index in [-0.39, 0.29) is 29.9 Å². The topological polar surface area (TPSA) is 107 Å². The summed E-state index contributed by atoms with van der Waals surface area (Å²) in [6.07, 6.45) is 0.0203. The van der Waals surface area contributed by atoms with Gasteiger partial charge in [0.05, 0.1) is 19.0 Å². The fraction of sp³-hybridized carbons (Fsp3) is 0.667. The monoisotopic (exact) mass is 388 g/mol. The fourth-order valence-corrected chi connectivity index (χ4v) is 6.98. The van der Waals surface area contributed by atoms with Crippen molar-refractivity contribution < 1.29 is 34.4 Å². The number of ether oxygens (including phenoxy) is 1. The number of aromatic hydroxyl groups is 1. The molecular formula is C21H26NO6+. The lowest BCUT2D eigenvalue weighted by Gasteiger charge is -2.65. The highest BCUT2D eigenvalue weighted by atomic mass is 16.5. The summed E-state index contributed by atoms with van der Waals surface area (Å²) in [4.78, 5) is 12.9. The highest BCUT2D eigenvalue weighted by molar-refractivity contribution is 5.93. The number of piperidine rings is 1. The van der Waals surface area contributed by atoms with Gasteiger partial charge >= 0.3 is 0 Å². The van der Waals surface area contributed by atoms with Gasteiger partial charge in [0.1, 0.15) is 17.7 Å². The zero-order valence-corrected chi connectivity index (χ0v) is 15.8. The molecule has 0 aromatic heterocycles. The molecule has 2 heterocycles. The number of benzene rings is 1. The Morgan fingerprint density at radius 1 is 1.32 bits per heavy atom. The number of aliphatic hydroxyl groups excluding tert-OH is 2. The van der Waals surface area contributed by atoms with Crippen LogP contribution >= 0.6 is 0 Å². The van der Waals surface area contributed by atoms with Crippen molar-refractivity contribution >= 4 is 5.78 Å². The van der Waals surface area contributed by atoms with E-state index in [1.807, 2.05) is 13.1 Å². The summed E-state index contributed by atoms with van der Waals surface area (Å²) in [5.74, 6) is 0.0584. The molecule has 0 radical (unpaired) electrons. The Kier molecular flexibility index (Phi) is 3.01. The maximum absolute atomic E-state index is 12.9. The number of phenolic OH excluding ortho intramolecular Hbond substituents is 1. The Balaban J connectivity index is 1.62. The number of ketones is 1. The Bertz CT molecular complexity index is 914. The lowest BCUT2D eigenvalue weighted by molar-refractivity contribution is -0.991. The van der Waals surface area contributed by atoms with Gasteiger partial charge in [-0.05, 0) is 24.5 Å². The van der Waals surface area contributed by atoms with E-state index in [0.29, 0.717) is 23.9 Å². The molecule has 2 unspecified atom stereocenters. The number of nitrogens with zero attached hydrogens (tertiary/aromatic N) is 1. The Hall–Kier alpha value is -1.67. The lowest BCUT2D eigenvalue weighted by Crippen LogP contribution is -2.83. The molecule has 7 atom stereocenters. The first-order chi connectivity index (χ1) is 13.2. The maximum atomic E-state index is 12.9. The number of likely N-dealkylation sites (tertiary alicyclic amines) is 1. The molecule has 1 aromatic rings. The SMILES string of the molecule is C[N@+]1(C(O)C2CC2)CC[C@]23c4c5ccc(O)c4O[C@H]2C(=O)C(O)C[C@@]3(O)[C@@H]1C5. The normalized spacial score (nSPS) is 46.7. The number of hydrogen-bond donors (Lipinski definition) is 4. The van der Waals surface area contributed by atoms with Crippen LogP contribution in [0.5, 0.6) is 11.5 Å². The summed E-state index contributed by atoms with van der Waals surface area (Å²) >= 11 is 0. The number of phenols is 1. The minimum absolute atomic E-state index is 0.0357. The Morgan fingerprint density at radius 2 is 2.07 bits per heavy atom. The van der Waals surface area contributed by atoms with Crippen molar-refractivity contribution in [3.8, 4) is 11.5 Å². The molecule has 2 saturated carbocycles. The van der Waals surface area contributed by atoms with Gasteiger partial charge in [-0.25, -0.2) is 0 Å². The molecule has 7 nitrogen and oxygen atoms in total. The fourth-order valence-electron chi connectivity index (χ4n) is 6.98. The molecule has 4 N–H and O–H groups in total. The second-order valence-electron chi connectivity index (χ2n) is 9.76. The van der Waals surface area contributed by atoms with Gasteiger partial charge in [-0.3, -0.25) is 9.28 Å². The second kappa shape index (κ2) is 4.90. The van der Waals surface area contributed by atoms with E-state index in [0.717, 1.165) is 24.0 Å². The van der Waals surface area contributed by atoms with Crippen LogP contribution in [0, 0.1) is 5.92 Å². The zero-order chi connectivity index (χ0) is 19.6. The van der Waals surface area contributed by atoms with Crippen LogP contribution in [0.25, 0.3) is 0 Å². The number of aliphatic hydroxyl groups is 3. The van der Waals surface area contributed by atoms with Gasteiger partial charge in [-0.1, -0.05) is 6.07 Å². The number of quaternary nitrogens is 1. The minimum atomic E-state index is -1.39. The van der Waals surface area contributed by atoms with E-state index < -0.39 is 35.2 Å². The first-order valence-corrected chi connectivity index (χ1v) is 10.2. The Labute approximate surface area is 162 Å². The van der Waals surface area contributed by atoms with Crippen LogP contribution in [0.15, 0.2) is 12.1 Å². The molecule has 28 heavy (non-hydrogen) atoms. The average molecular weight is 388 g/mol. The summed E-state index contributed by atoms with van der Waals surface area (Å²) < 4.78 is 6.28. The number of carbonyl (C=O) groups excluding carboxylic acids is 1. The first-order valence-electron chi connectivity index (χ1n) is 10.2. The van der Waals surface area contributed by atoms with E-state index >= 15 is 0 Å². The Morgan fingerprint density at radius 3 is 2.79 bits per heavy atom. The van der Waals surface area contributed by atoms with Crippen LogP contribution in [0.2, 0.25) is 0 Å². The number of Topliss-reactive ketones (excluding diaryl/α,β-unsaturated/α-hetero) is 1. The smallest absolute Gasteiger partial charge is 0.202 e. The van der Waals surface area contributed by atoms with Crippen molar-refractivity contribution in [3.05, 3.63) is 23.3 Å². The molecule has 1 aromatic carbocycles. The first kappa shape index (κ1) is 17.2. The number of likely N-dealkylation sites (N-methyl/N-ethyl adjacent to an activating group) is 1. The van der Waals surface area contributed by atoms with Crippen LogP contribution in [0.4, 0.5) is 0 Å². The van der Waals surface area contributed by atoms with Gasteiger partial charge in [0.2, 0.25) is 5.78 Å². The quantitative estimate of drug-likeness (QED) is 0.530. The van der Waals surface area contributed by atoms with E-state index in [4.69, 9.17) is 4.74 Å². The van der Waals surface area contributed by atoms with Crippen LogP contribution in [-0.2, 0) is 16.6 Å². The summed E-state index contributed by atoms with van der Waals surface area (Å²) in [6.45, 7) is 0.614. The largest absolute Gasteiger partial charge is 0.504 e. The molecule has 1 saturated heterocycles. The molecule has 3 fully saturated rings. The third-order valence-electron chi connectivity index (χ3n) is 8.53. The molecule has 5 aliphatic rings. The molecule has 3 aliphatic carbocycles. The zero-order valence-electron chi connectivity index (χ0n) is 15.8. The highest BCUT2D eigenvalue weighted by Gasteiger charge is 2.78. The summed E-state index contributed by atoms with van der Waals surface area (Å²) in [6, 6.07) is 3.07. The molecule has 6 rings (SSSR count). The summed E-state index contributed by atoms with van der Waals surface area (Å²) in [5.41, 5.74) is -0.666. The average Bonchev–Trinajstić information content (AvgIpc) is 3.43. The van der Waals surface area contributed by atoms with Crippen molar-refractivity contribution in [2.24, 2.45) is 5.92 Å². The summed E-state index contributed by atoms with van der Waals surface area (Å²) in [7, 11) is 2.00. The van der Waals surface area contributed by atoms with Crippen molar-refractivity contribution in [2.45, 2.75) is 67.6 Å². The van der Waals surface area contributed by atoms with E-state index in [1.165, 1.54) is 0 Å². The van der Waals surface area contributed by atoms with Gasteiger partial charge in [-0.15, -0.1) is 0 Å². The second-order valence-corrected chi connectivity index (χ2v) is 9.76. The maximum Gasteiger partial charge on any atom is 0.202 e. The van der Waals surface area contributed by atoms with E-state index in [9.17, 15) is 25.2 Å². The van der Waals surface area contributed by atoms with Crippen LogP contribution in [-0.4, -0.2) is 74.4 Å². The predicted molar refractivity (Wildman–Crippen MR) is 96.7 cm³/mol. The third-order valence-corrected chi connectivity index (χ3v) is 8.53. The number of hydrogen-bond acceptors (Lipinski definition) is 6. The lowest BCUT2D eigenvalue weighted by atomic mass is 9.48.